The first-order valence-electron chi connectivity index (χ1n) is 13.8. The molecule has 216 valence electrons. The van der Waals surface area contributed by atoms with Crippen molar-refractivity contribution in [3.8, 4) is 0 Å². The van der Waals surface area contributed by atoms with E-state index in [2.05, 4.69) is 11.4 Å². The Bertz CT molecular complexity index is 1520. The van der Waals surface area contributed by atoms with E-state index in [4.69, 9.17) is 16.3 Å². The predicted octanol–water partition coefficient (Wildman–Crippen LogP) is 7.65. The van der Waals surface area contributed by atoms with Crippen molar-refractivity contribution in [2.24, 2.45) is 0 Å². The fraction of sp³-hybridized carbons (Fsp3) is 0.375. The minimum Gasteiger partial charge on any atom is -0.497 e. The Labute approximate surface area is 247 Å². The Kier molecular flexibility index (Phi) is 8.92. The van der Waals surface area contributed by atoms with Crippen LogP contribution in [0.3, 0.4) is 0 Å². The highest BCUT2D eigenvalue weighted by Crippen LogP contribution is 2.40. The van der Waals surface area contributed by atoms with Crippen molar-refractivity contribution in [2.45, 2.75) is 57.0 Å². The van der Waals surface area contributed by atoms with Gasteiger partial charge in [0, 0.05) is 35.7 Å². The summed E-state index contributed by atoms with van der Waals surface area (Å²) in [6.07, 6.45) is 8.25. The van der Waals surface area contributed by atoms with Crippen LogP contribution in [-0.2, 0) is 4.74 Å². The van der Waals surface area contributed by atoms with Crippen LogP contribution in [0.2, 0.25) is 5.02 Å². The summed E-state index contributed by atoms with van der Waals surface area (Å²) in [6.45, 7) is 1.81. The molecule has 41 heavy (non-hydrogen) atoms. The molecule has 1 amide bonds. The van der Waals surface area contributed by atoms with Crippen LogP contribution >= 0.6 is 22.9 Å². The molecule has 9 heteroatoms. The number of nitrogens with zero attached hydrogens (tertiary/aromatic N) is 1. The predicted molar refractivity (Wildman–Crippen MR) is 160 cm³/mol. The van der Waals surface area contributed by atoms with Crippen molar-refractivity contribution in [3.63, 3.8) is 0 Å². The van der Waals surface area contributed by atoms with Crippen molar-refractivity contribution >= 4 is 44.7 Å². The van der Waals surface area contributed by atoms with E-state index in [1.807, 2.05) is 37.4 Å². The molecular formula is C32H33ClF2N2O3S. The second kappa shape index (κ2) is 12.4. The van der Waals surface area contributed by atoms with Crippen LogP contribution in [0.25, 0.3) is 10.1 Å². The Hall–Kier alpha value is -3.07. The quantitative estimate of drug-likeness (QED) is 0.271. The number of carbonyl (C=O) groups is 2. The maximum atomic E-state index is 14.7. The van der Waals surface area contributed by atoms with Crippen LogP contribution in [0.1, 0.15) is 70.5 Å². The minimum atomic E-state index is -0.652. The molecule has 1 aromatic heterocycles. The number of allylic oxidation sites excluding steroid dienone is 2. The molecule has 0 saturated heterocycles. The maximum absolute atomic E-state index is 14.7. The zero-order valence-electron chi connectivity index (χ0n) is 23.3. The van der Waals surface area contributed by atoms with Gasteiger partial charge in [-0.15, -0.1) is 11.3 Å². The van der Waals surface area contributed by atoms with Gasteiger partial charge in [-0.05, 0) is 69.8 Å². The number of benzene rings is 2. The number of fused-ring (bicyclic) bond motifs is 1. The zero-order chi connectivity index (χ0) is 29.3. The molecule has 1 atom stereocenters. The van der Waals surface area contributed by atoms with Crippen LogP contribution in [0.4, 0.5) is 8.78 Å². The lowest BCUT2D eigenvalue weighted by Gasteiger charge is -2.38. The molecule has 2 aliphatic rings. The average molecular weight is 599 g/mol. The van der Waals surface area contributed by atoms with Crippen LogP contribution in [-0.4, -0.2) is 49.4 Å². The van der Waals surface area contributed by atoms with Gasteiger partial charge in [0.1, 0.15) is 22.3 Å². The molecule has 2 aromatic carbocycles. The molecule has 5 nitrogen and oxygen atoms in total. The number of halogens is 3. The normalized spacial score (nSPS) is 20.9. The number of carbonyl (C=O) groups excluding carboxylic acids is 2. The molecule has 5 rings (SSSR count). The first-order chi connectivity index (χ1) is 19.7. The Balaban J connectivity index is 1.51. The number of nitrogens with one attached hydrogen (secondary N) is 1. The van der Waals surface area contributed by atoms with Gasteiger partial charge in [-0.1, -0.05) is 41.9 Å². The first kappa shape index (κ1) is 29.4. The van der Waals surface area contributed by atoms with E-state index in [1.54, 1.807) is 18.9 Å². The van der Waals surface area contributed by atoms with Crippen LogP contribution < -0.4 is 5.32 Å². The Morgan fingerprint density at radius 1 is 1.07 bits per heavy atom. The molecule has 1 unspecified atom stereocenters. The number of Topliss-reactive ketones (excluding diaryl/α,β-unsaturated/α-hetero) is 1. The second-order valence-electron chi connectivity index (χ2n) is 10.7. The number of rotatable bonds is 8. The molecule has 1 heterocycles. The largest absolute Gasteiger partial charge is 0.497 e. The minimum absolute atomic E-state index is 0.0137. The summed E-state index contributed by atoms with van der Waals surface area (Å²) in [5, 5.41) is 3.22. The summed E-state index contributed by atoms with van der Waals surface area (Å²) in [5.74, 6) is -0.847. The summed E-state index contributed by atoms with van der Waals surface area (Å²) in [7, 11) is 3.56. The van der Waals surface area contributed by atoms with Gasteiger partial charge in [0.15, 0.2) is 5.78 Å². The highest BCUT2D eigenvalue weighted by molar-refractivity contribution is 7.21. The Morgan fingerprint density at radius 2 is 1.76 bits per heavy atom. The summed E-state index contributed by atoms with van der Waals surface area (Å²) < 4.78 is 35.0. The van der Waals surface area contributed by atoms with Crippen LogP contribution in [0.15, 0.2) is 59.9 Å². The SMILES string of the molecule is CNC1CCC(N(CC2=CC(c3ccc(C(C)=O)cc3)CC=C2OC)C(=O)c2sc3c(F)ccc(F)c3c2Cl)CC1. The average Bonchev–Trinajstić information content (AvgIpc) is 3.35. The lowest BCUT2D eigenvalue weighted by Crippen LogP contribution is -2.45. The Morgan fingerprint density at radius 3 is 2.37 bits per heavy atom. The summed E-state index contributed by atoms with van der Waals surface area (Å²) in [5.41, 5.74) is 2.58. The fourth-order valence-electron chi connectivity index (χ4n) is 5.89. The lowest BCUT2D eigenvalue weighted by atomic mass is 9.87. The third-order valence-corrected chi connectivity index (χ3v) is 9.94. The number of amides is 1. The summed E-state index contributed by atoms with van der Waals surface area (Å²) in [4.78, 5) is 27.9. The number of hydrogen-bond donors (Lipinski definition) is 1. The molecule has 0 bridgehead atoms. The van der Waals surface area contributed by atoms with Gasteiger partial charge in [-0.3, -0.25) is 9.59 Å². The van der Waals surface area contributed by atoms with Crippen molar-refractivity contribution in [1.29, 1.82) is 0 Å². The molecule has 2 aliphatic carbocycles. The third-order valence-electron chi connectivity index (χ3n) is 8.26. The molecule has 1 N–H and O–H groups in total. The van der Waals surface area contributed by atoms with Crippen molar-refractivity contribution in [3.05, 3.63) is 92.5 Å². The van der Waals surface area contributed by atoms with Gasteiger partial charge in [0.2, 0.25) is 0 Å². The molecule has 1 fully saturated rings. The maximum Gasteiger partial charge on any atom is 0.266 e. The molecule has 0 radical (unpaired) electrons. The fourth-order valence-corrected chi connectivity index (χ4v) is 7.40. The highest BCUT2D eigenvalue weighted by atomic mass is 35.5. The van der Waals surface area contributed by atoms with E-state index in [1.165, 1.54) is 0 Å². The first-order valence-corrected chi connectivity index (χ1v) is 15.0. The topological polar surface area (TPSA) is 58.6 Å². The van der Waals surface area contributed by atoms with Crippen molar-refractivity contribution in [2.75, 3.05) is 20.7 Å². The number of methoxy groups -OCH3 is 1. The highest BCUT2D eigenvalue weighted by Gasteiger charge is 2.34. The molecule has 3 aromatic rings. The number of hydrogen-bond acceptors (Lipinski definition) is 5. The molecule has 0 spiro atoms. The van der Waals surface area contributed by atoms with E-state index in [9.17, 15) is 18.4 Å². The number of thiophene rings is 1. The number of ketones is 1. The van der Waals surface area contributed by atoms with Crippen molar-refractivity contribution in [1.82, 2.24) is 10.2 Å². The van der Waals surface area contributed by atoms with E-state index < -0.39 is 11.6 Å². The van der Waals surface area contributed by atoms with E-state index in [0.29, 0.717) is 23.8 Å². The van der Waals surface area contributed by atoms with Gasteiger partial charge in [-0.25, -0.2) is 8.78 Å². The van der Waals surface area contributed by atoms with E-state index >= 15 is 0 Å². The van der Waals surface area contributed by atoms with Gasteiger partial charge < -0.3 is 15.0 Å². The lowest BCUT2D eigenvalue weighted by molar-refractivity contribution is 0.0646. The van der Waals surface area contributed by atoms with Crippen molar-refractivity contribution < 1.29 is 23.1 Å². The summed E-state index contributed by atoms with van der Waals surface area (Å²) >= 11 is 7.46. The number of ether oxygens (including phenoxy) is 1. The van der Waals surface area contributed by atoms with Crippen LogP contribution in [0.5, 0.6) is 0 Å². The van der Waals surface area contributed by atoms with Gasteiger partial charge in [0.25, 0.3) is 5.91 Å². The van der Waals surface area contributed by atoms with Gasteiger partial charge >= 0.3 is 0 Å². The summed E-state index contributed by atoms with van der Waals surface area (Å²) in [6, 6.07) is 9.99. The smallest absolute Gasteiger partial charge is 0.266 e. The van der Waals surface area contributed by atoms with Crippen LogP contribution in [0, 0.1) is 11.6 Å². The van der Waals surface area contributed by atoms with E-state index in [0.717, 1.165) is 60.3 Å². The standard InChI is InChI=1S/C32H33ClF2N2O3S/c1-18(38)19-4-6-20(7-5-19)21-8-15-27(40-3)22(16-21)17-37(24-11-9-23(36-2)10-12-24)32(39)31-29(33)28-25(34)13-14-26(35)30(28)41-31/h4-7,13-16,21,23-24,36H,8-12,17H2,1-3H3. The van der Waals surface area contributed by atoms with E-state index in [-0.39, 0.29) is 50.2 Å². The zero-order valence-corrected chi connectivity index (χ0v) is 24.9. The molecule has 0 aliphatic heterocycles. The monoisotopic (exact) mass is 598 g/mol. The molecular weight excluding hydrogens is 566 g/mol. The second-order valence-corrected chi connectivity index (χ2v) is 12.1. The third kappa shape index (κ3) is 5.96. The van der Waals surface area contributed by atoms with Gasteiger partial charge in [-0.2, -0.15) is 0 Å². The molecule has 1 saturated carbocycles. The van der Waals surface area contributed by atoms with Gasteiger partial charge in [0.05, 0.1) is 22.2 Å².